The second-order valence-corrected chi connectivity index (χ2v) is 5.02. The highest BCUT2D eigenvalue weighted by Gasteiger charge is 2.40. The highest BCUT2D eigenvalue weighted by molar-refractivity contribution is 5.22. The second-order valence-electron chi connectivity index (χ2n) is 5.02. The zero-order valence-corrected chi connectivity index (χ0v) is 9.44. The molecule has 0 bridgehead atoms. The van der Waals surface area contributed by atoms with E-state index < -0.39 is 0 Å². The number of benzene rings is 1. The number of para-hydroxylation sites is 1. The van der Waals surface area contributed by atoms with E-state index in [1.807, 2.05) is 30.3 Å². The molecule has 82 valence electrons. The summed E-state index contributed by atoms with van der Waals surface area (Å²) in [5.74, 6) is 0.927. The van der Waals surface area contributed by atoms with Crippen molar-refractivity contribution in [2.24, 2.45) is 11.1 Å². The Morgan fingerprint density at radius 2 is 1.93 bits per heavy atom. The lowest BCUT2D eigenvalue weighted by molar-refractivity contribution is 0.165. The molecule has 1 fully saturated rings. The summed E-state index contributed by atoms with van der Waals surface area (Å²) in [6.07, 6.45) is 2.37. The Morgan fingerprint density at radius 3 is 2.47 bits per heavy atom. The van der Waals surface area contributed by atoms with Gasteiger partial charge in [0.25, 0.3) is 0 Å². The first kappa shape index (κ1) is 10.5. The van der Waals surface area contributed by atoms with Crippen molar-refractivity contribution in [2.75, 3.05) is 0 Å². The van der Waals surface area contributed by atoms with Gasteiger partial charge < -0.3 is 10.5 Å². The molecule has 2 unspecified atom stereocenters. The van der Waals surface area contributed by atoms with Crippen molar-refractivity contribution in [3.05, 3.63) is 30.3 Å². The average molecular weight is 205 g/mol. The summed E-state index contributed by atoms with van der Waals surface area (Å²) >= 11 is 0. The lowest BCUT2D eigenvalue weighted by Gasteiger charge is -2.26. The predicted molar refractivity (Wildman–Crippen MR) is 61.8 cm³/mol. The zero-order chi connectivity index (χ0) is 10.9. The Morgan fingerprint density at radius 1 is 1.27 bits per heavy atom. The number of ether oxygens (including phenoxy) is 1. The van der Waals surface area contributed by atoms with Crippen LogP contribution in [-0.4, -0.2) is 12.1 Å². The molecule has 0 aliphatic heterocycles. The van der Waals surface area contributed by atoms with Crippen molar-refractivity contribution in [1.29, 1.82) is 0 Å². The van der Waals surface area contributed by atoms with Crippen LogP contribution in [0.1, 0.15) is 26.7 Å². The van der Waals surface area contributed by atoms with E-state index in [1.165, 1.54) is 0 Å². The molecule has 1 aromatic rings. The number of nitrogens with two attached hydrogens (primary N) is 1. The third-order valence-corrected chi connectivity index (χ3v) is 3.41. The summed E-state index contributed by atoms with van der Waals surface area (Å²) in [6, 6.07) is 10.1. The lowest BCUT2D eigenvalue weighted by Crippen LogP contribution is -2.42. The van der Waals surface area contributed by atoms with E-state index in [4.69, 9.17) is 10.5 Å². The summed E-state index contributed by atoms with van der Waals surface area (Å²) in [7, 11) is 0. The summed E-state index contributed by atoms with van der Waals surface area (Å²) in [5.41, 5.74) is 6.39. The Balaban J connectivity index is 2.03. The molecule has 2 heteroatoms. The number of rotatable bonds is 2. The number of hydrogen-bond acceptors (Lipinski definition) is 2. The van der Waals surface area contributed by atoms with Gasteiger partial charge in [0.15, 0.2) is 0 Å². The maximum Gasteiger partial charge on any atom is 0.119 e. The fraction of sp³-hybridized carbons (Fsp3) is 0.538. The summed E-state index contributed by atoms with van der Waals surface area (Å²) in [6.45, 7) is 4.43. The molecule has 0 heterocycles. The third kappa shape index (κ3) is 2.15. The van der Waals surface area contributed by atoms with Gasteiger partial charge in [-0.2, -0.15) is 0 Å². The van der Waals surface area contributed by atoms with E-state index >= 15 is 0 Å². The Kier molecular flexibility index (Phi) is 2.70. The van der Waals surface area contributed by atoms with Crippen molar-refractivity contribution in [3.63, 3.8) is 0 Å². The Labute approximate surface area is 91.4 Å². The van der Waals surface area contributed by atoms with Crippen LogP contribution < -0.4 is 10.5 Å². The summed E-state index contributed by atoms with van der Waals surface area (Å²) in [5, 5.41) is 0. The molecule has 2 N–H and O–H groups in total. The highest BCUT2D eigenvalue weighted by atomic mass is 16.5. The average Bonchev–Trinajstić information content (AvgIpc) is 2.47. The number of hydrogen-bond donors (Lipinski definition) is 1. The molecule has 1 aliphatic rings. The van der Waals surface area contributed by atoms with Gasteiger partial charge in [0.1, 0.15) is 11.9 Å². The minimum Gasteiger partial charge on any atom is -0.489 e. The van der Waals surface area contributed by atoms with Gasteiger partial charge in [-0.05, 0) is 30.4 Å². The zero-order valence-electron chi connectivity index (χ0n) is 9.44. The minimum absolute atomic E-state index is 0.137. The molecule has 2 atom stereocenters. The van der Waals surface area contributed by atoms with Crippen LogP contribution in [0.2, 0.25) is 0 Å². The molecule has 2 rings (SSSR count). The van der Waals surface area contributed by atoms with E-state index in [-0.39, 0.29) is 17.6 Å². The third-order valence-electron chi connectivity index (χ3n) is 3.41. The molecular weight excluding hydrogens is 186 g/mol. The molecule has 1 saturated carbocycles. The van der Waals surface area contributed by atoms with Gasteiger partial charge in [0, 0.05) is 6.04 Å². The fourth-order valence-corrected chi connectivity index (χ4v) is 2.17. The van der Waals surface area contributed by atoms with E-state index in [0.717, 1.165) is 18.6 Å². The fourth-order valence-electron chi connectivity index (χ4n) is 2.17. The molecular formula is C13H19NO. The van der Waals surface area contributed by atoms with E-state index in [2.05, 4.69) is 13.8 Å². The highest BCUT2D eigenvalue weighted by Crippen LogP contribution is 2.37. The van der Waals surface area contributed by atoms with Gasteiger partial charge in [-0.25, -0.2) is 0 Å². The van der Waals surface area contributed by atoms with Crippen LogP contribution in [0.25, 0.3) is 0 Å². The van der Waals surface area contributed by atoms with Gasteiger partial charge in [0.05, 0.1) is 0 Å². The van der Waals surface area contributed by atoms with Gasteiger partial charge >= 0.3 is 0 Å². The van der Waals surface area contributed by atoms with Crippen LogP contribution in [0.5, 0.6) is 5.75 Å². The molecule has 1 aliphatic carbocycles. The van der Waals surface area contributed by atoms with Crippen molar-refractivity contribution >= 4 is 0 Å². The minimum atomic E-state index is 0.137. The van der Waals surface area contributed by atoms with Crippen LogP contribution in [-0.2, 0) is 0 Å². The smallest absolute Gasteiger partial charge is 0.119 e. The first-order valence-corrected chi connectivity index (χ1v) is 5.57. The van der Waals surface area contributed by atoms with Crippen LogP contribution in [0.15, 0.2) is 30.3 Å². The topological polar surface area (TPSA) is 35.2 Å². The van der Waals surface area contributed by atoms with E-state index in [9.17, 15) is 0 Å². The Bertz CT molecular complexity index is 321. The molecule has 0 saturated heterocycles. The van der Waals surface area contributed by atoms with Crippen LogP contribution in [0.3, 0.4) is 0 Å². The second kappa shape index (κ2) is 3.86. The van der Waals surface area contributed by atoms with Crippen molar-refractivity contribution in [3.8, 4) is 5.75 Å². The van der Waals surface area contributed by atoms with Crippen LogP contribution in [0.4, 0.5) is 0 Å². The molecule has 0 spiro atoms. The Hall–Kier alpha value is -1.02. The van der Waals surface area contributed by atoms with Gasteiger partial charge in [-0.3, -0.25) is 0 Å². The van der Waals surface area contributed by atoms with Gasteiger partial charge in [-0.15, -0.1) is 0 Å². The quantitative estimate of drug-likeness (QED) is 0.805. The first-order chi connectivity index (χ1) is 7.09. The van der Waals surface area contributed by atoms with Gasteiger partial charge in [-0.1, -0.05) is 32.0 Å². The van der Waals surface area contributed by atoms with E-state index in [0.29, 0.717) is 0 Å². The van der Waals surface area contributed by atoms with Crippen molar-refractivity contribution < 1.29 is 4.74 Å². The summed E-state index contributed by atoms with van der Waals surface area (Å²) < 4.78 is 5.90. The van der Waals surface area contributed by atoms with Gasteiger partial charge in [0.2, 0.25) is 0 Å². The van der Waals surface area contributed by atoms with Crippen molar-refractivity contribution in [2.45, 2.75) is 38.8 Å². The molecule has 1 aromatic carbocycles. The van der Waals surface area contributed by atoms with Crippen LogP contribution in [0, 0.1) is 5.41 Å². The standard InChI is InChI=1S/C13H19NO/c1-13(2)9-8-11(12(13)14)15-10-6-4-3-5-7-10/h3-7,11-12H,8-9,14H2,1-2H3. The predicted octanol–water partition coefficient (Wildman–Crippen LogP) is 2.58. The van der Waals surface area contributed by atoms with Crippen molar-refractivity contribution in [1.82, 2.24) is 0 Å². The monoisotopic (exact) mass is 205 g/mol. The molecule has 0 radical (unpaired) electrons. The molecule has 15 heavy (non-hydrogen) atoms. The SMILES string of the molecule is CC1(C)CCC(Oc2ccccc2)C1N. The first-order valence-electron chi connectivity index (χ1n) is 5.57. The molecule has 0 aromatic heterocycles. The molecule has 2 nitrogen and oxygen atoms in total. The largest absolute Gasteiger partial charge is 0.489 e. The van der Waals surface area contributed by atoms with E-state index in [1.54, 1.807) is 0 Å². The van der Waals surface area contributed by atoms with Crippen LogP contribution >= 0.6 is 0 Å². The lowest BCUT2D eigenvalue weighted by atomic mass is 9.88. The maximum absolute atomic E-state index is 6.18. The molecule has 0 amide bonds. The maximum atomic E-state index is 6.18. The summed E-state index contributed by atoms with van der Waals surface area (Å²) in [4.78, 5) is 0. The normalized spacial score (nSPS) is 29.0.